The van der Waals surface area contributed by atoms with E-state index in [0.717, 1.165) is 20.1 Å². The van der Waals surface area contributed by atoms with E-state index in [2.05, 4.69) is 42.5 Å². The molecule has 1 aliphatic rings. The Morgan fingerprint density at radius 2 is 1.75 bits per heavy atom. The summed E-state index contributed by atoms with van der Waals surface area (Å²) in [5, 5.41) is 4.61. The van der Waals surface area contributed by atoms with Crippen molar-refractivity contribution in [2.24, 2.45) is 0 Å². The topological polar surface area (TPSA) is 67.4 Å². The minimum Gasteiger partial charge on any atom is -0.488 e. The van der Waals surface area contributed by atoms with Gasteiger partial charge in [0.2, 0.25) is 0 Å². The molecule has 2 N–H and O–H groups in total. The summed E-state index contributed by atoms with van der Waals surface area (Å²) >= 11 is 6.86. The van der Waals surface area contributed by atoms with Gasteiger partial charge < -0.3 is 10.1 Å². The number of amides is 3. The number of halogens is 2. The van der Waals surface area contributed by atoms with E-state index < -0.39 is 11.9 Å². The van der Waals surface area contributed by atoms with Crippen LogP contribution in [0.1, 0.15) is 11.1 Å². The van der Waals surface area contributed by atoms with Gasteiger partial charge in [-0.05, 0) is 57.4 Å². The molecule has 1 saturated heterocycles. The average Bonchev–Trinajstić information content (AvgIpc) is 2.86. The number of benzene rings is 2. The standard InChI is InChI=1S/C17H12Br2N2O3/c18-12-4-1-10(2-5-12)9-24-15-6-3-11(7-13(15)19)8-14-16(22)21-17(23)20-14/h1-8H,9H2,(H2,20,21,22,23). The lowest BCUT2D eigenvalue weighted by atomic mass is 10.2. The Balaban J connectivity index is 1.70. The van der Waals surface area contributed by atoms with Crippen molar-refractivity contribution < 1.29 is 14.3 Å². The highest BCUT2D eigenvalue weighted by molar-refractivity contribution is 9.10. The molecule has 2 aromatic rings. The molecule has 24 heavy (non-hydrogen) atoms. The molecule has 0 aliphatic carbocycles. The highest BCUT2D eigenvalue weighted by Gasteiger charge is 2.22. The van der Waals surface area contributed by atoms with Crippen molar-refractivity contribution >= 4 is 49.9 Å². The first-order chi connectivity index (χ1) is 11.5. The third kappa shape index (κ3) is 4.04. The van der Waals surface area contributed by atoms with E-state index in [4.69, 9.17) is 4.74 Å². The summed E-state index contributed by atoms with van der Waals surface area (Å²) in [6, 6.07) is 12.8. The number of rotatable bonds is 4. The van der Waals surface area contributed by atoms with Crippen LogP contribution in [0.15, 0.2) is 57.1 Å². The summed E-state index contributed by atoms with van der Waals surface area (Å²) in [5.41, 5.74) is 2.04. The van der Waals surface area contributed by atoms with Crippen molar-refractivity contribution in [2.45, 2.75) is 6.61 Å². The van der Waals surface area contributed by atoms with Crippen LogP contribution in [0.2, 0.25) is 0 Å². The van der Waals surface area contributed by atoms with Gasteiger partial charge in [-0.1, -0.05) is 34.1 Å². The van der Waals surface area contributed by atoms with Crippen LogP contribution < -0.4 is 15.4 Å². The van der Waals surface area contributed by atoms with Gasteiger partial charge in [-0.2, -0.15) is 0 Å². The lowest BCUT2D eigenvalue weighted by Crippen LogP contribution is -2.22. The molecule has 3 rings (SSSR count). The molecule has 0 radical (unpaired) electrons. The second-order valence-electron chi connectivity index (χ2n) is 5.07. The molecule has 0 saturated carbocycles. The van der Waals surface area contributed by atoms with Gasteiger partial charge in [-0.25, -0.2) is 4.79 Å². The van der Waals surface area contributed by atoms with Gasteiger partial charge in [0.15, 0.2) is 0 Å². The zero-order valence-corrected chi connectivity index (χ0v) is 15.5. The number of urea groups is 1. The molecule has 5 nitrogen and oxygen atoms in total. The smallest absolute Gasteiger partial charge is 0.326 e. The zero-order valence-electron chi connectivity index (χ0n) is 12.3. The lowest BCUT2D eigenvalue weighted by molar-refractivity contribution is -0.115. The fraction of sp³-hybridized carbons (Fsp3) is 0.0588. The Morgan fingerprint density at radius 3 is 2.38 bits per heavy atom. The molecule has 1 fully saturated rings. The van der Waals surface area contributed by atoms with Crippen LogP contribution in [0.3, 0.4) is 0 Å². The predicted molar refractivity (Wildman–Crippen MR) is 97.3 cm³/mol. The molecule has 1 aliphatic heterocycles. The molecule has 2 aromatic carbocycles. The number of ether oxygens (including phenoxy) is 1. The first kappa shape index (κ1) is 16.7. The van der Waals surface area contributed by atoms with Crippen LogP contribution in [-0.4, -0.2) is 11.9 Å². The monoisotopic (exact) mass is 450 g/mol. The fourth-order valence-corrected chi connectivity index (χ4v) is 2.89. The number of hydrogen-bond acceptors (Lipinski definition) is 3. The Hall–Kier alpha value is -2.12. The summed E-state index contributed by atoms with van der Waals surface area (Å²) in [7, 11) is 0. The largest absolute Gasteiger partial charge is 0.488 e. The van der Waals surface area contributed by atoms with E-state index in [1.54, 1.807) is 6.08 Å². The van der Waals surface area contributed by atoms with E-state index in [1.165, 1.54) is 0 Å². The van der Waals surface area contributed by atoms with Crippen LogP contribution in [0.25, 0.3) is 6.08 Å². The van der Waals surface area contributed by atoms with Crippen molar-refractivity contribution in [1.29, 1.82) is 0 Å². The number of hydrogen-bond donors (Lipinski definition) is 2. The normalized spacial score (nSPS) is 15.3. The zero-order chi connectivity index (χ0) is 17.1. The maximum absolute atomic E-state index is 11.5. The molecular weight excluding hydrogens is 440 g/mol. The molecule has 0 bridgehead atoms. The van der Waals surface area contributed by atoms with E-state index in [-0.39, 0.29) is 5.70 Å². The van der Waals surface area contributed by atoms with Crippen molar-refractivity contribution in [3.8, 4) is 5.75 Å². The highest BCUT2D eigenvalue weighted by atomic mass is 79.9. The summed E-state index contributed by atoms with van der Waals surface area (Å²) < 4.78 is 7.58. The van der Waals surface area contributed by atoms with Crippen LogP contribution in [0.5, 0.6) is 5.75 Å². The van der Waals surface area contributed by atoms with E-state index in [9.17, 15) is 9.59 Å². The molecule has 7 heteroatoms. The quantitative estimate of drug-likeness (QED) is 0.545. The molecule has 0 unspecified atom stereocenters. The molecule has 0 aromatic heterocycles. The Kier molecular flexibility index (Phi) is 5.01. The summed E-state index contributed by atoms with van der Waals surface area (Å²) in [6.07, 6.45) is 1.60. The summed E-state index contributed by atoms with van der Waals surface area (Å²) in [6.45, 7) is 0.449. The Morgan fingerprint density at radius 1 is 1.00 bits per heavy atom. The SMILES string of the molecule is O=C1NC(=O)C(=Cc2ccc(OCc3ccc(Br)cc3)c(Br)c2)N1. The van der Waals surface area contributed by atoms with Gasteiger partial charge in [-0.3, -0.25) is 10.1 Å². The van der Waals surface area contributed by atoms with Crippen molar-refractivity contribution in [1.82, 2.24) is 10.6 Å². The van der Waals surface area contributed by atoms with Crippen molar-refractivity contribution in [3.05, 3.63) is 68.2 Å². The van der Waals surface area contributed by atoms with Crippen LogP contribution in [0.4, 0.5) is 4.79 Å². The van der Waals surface area contributed by atoms with Crippen LogP contribution >= 0.6 is 31.9 Å². The molecule has 122 valence electrons. The van der Waals surface area contributed by atoms with Gasteiger partial charge >= 0.3 is 6.03 Å². The van der Waals surface area contributed by atoms with Gasteiger partial charge in [0.25, 0.3) is 5.91 Å². The minimum atomic E-state index is -0.514. The Labute approximate surface area is 155 Å². The average molecular weight is 452 g/mol. The van der Waals surface area contributed by atoms with E-state index >= 15 is 0 Å². The molecular formula is C17H12Br2N2O3. The van der Waals surface area contributed by atoms with E-state index in [1.807, 2.05) is 42.5 Å². The first-order valence-electron chi connectivity index (χ1n) is 7.02. The highest BCUT2D eigenvalue weighted by Crippen LogP contribution is 2.28. The second-order valence-corrected chi connectivity index (χ2v) is 6.84. The van der Waals surface area contributed by atoms with Gasteiger partial charge in [0, 0.05) is 4.47 Å². The third-order valence-electron chi connectivity index (χ3n) is 3.29. The van der Waals surface area contributed by atoms with Crippen molar-refractivity contribution in [3.63, 3.8) is 0 Å². The number of nitrogens with one attached hydrogen (secondary N) is 2. The maximum Gasteiger partial charge on any atom is 0.326 e. The molecule has 1 heterocycles. The van der Waals surface area contributed by atoms with Crippen LogP contribution in [0, 0.1) is 0 Å². The lowest BCUT2D eigenvalue weighted by Gasteiger charge is -2.09. The number of imide groups is 1. The molecule has 3 amide bonds. The first-order valence-corrected chi connectivity index (χ1v) is 8.61. The molecule has 0 atom stereocenters. The van der Waals surface area contributed by atoms with Gasteiger partial charge in [0.05, 0.1) is 4.47 Å². The maximum atomic E-state index is 11.5. The number of carbonyl (C=O) groups is 2. The fourth-order valence-electron chi connectivity index (χ4n) is 2.11. The van der Waals surface area contributed by atoms with Crippen molar-refractivity contribution in [2.75, 3.05) is 0 Å². The second kappa shape index (κ2) is 7.19. The summed E-state index contributed by atoms with van der Waals surface area (Å²) in [5.74, 6) is 0.256. The predicted octanol–water partition coefficient (Wildman–Crippen LogP) is 3.97. The van der Waals surface area contributed by atoms with Gasteiger partial charge in [0.1, 0.15) is 18.1 Å². The van der Waals surface area contributed by atoms with Gasteiger partial charge in [-0.15, -0.1) is 0 Å². The minimum absolute atomic E-state index is 0.218. The number of carbonyl (C=O) groups excluding carboxylic acids is 2. The van der Waals surface area contributed by atoms with E-state index in [0.29, 0.717) is 12.4 Å². The van der Waals surface area contributed by atoms with Crippen LogP contribution in [-0.2, 0) is 11.4 Å². The third-order valence-corrected chi connectivity index (χ3v) is 4.44. The molecule has 0 spiro atoms. The summed E-state index contributed by atoms with van der Waals surface area (Å²) in [4.78, 5) is 22.6. The Bertz CT molecular complexity index is 832.